The van der Waals surface area contributed by atoms with Crippen LogP contribution in [0.5, 0.6) is 5.75 Å². The van der Waals surface area contributed by atoms with Crippen LogP contribution in [0.15, 0.2) is 18.2 Å². The Balaban J connectivity index is 2.67. The van der Waals surface area contributed by atoms with Gasteiger partial charge in [-0.15, -0.1) is 0 Å². The van der Waals surface area contributed by atoms with Crippen molar-refractivity contribution in [3.05, 3.63) is 29.6 Å². The van der Waals surface area contributed by atoms with Gasteiger partial charge in [0.15, 0.2) is 11.6 Å². The second-order valence-corrected chi connectivity index (χ2v) is 4.72. The maximum atomic E-state index is 13.5. The molecule has 0 aliphatic carbocycles. The summed E-state index contributed by atoms with van der Waals surface area (Å²) in [5, 5.41) is 0. The van der Waals surface area contributed by atoms with Crippen molar-refractivity contribution in [1.29, 1.82) is 0 Å². The van der Waals surface area contributed by atoms with Crippen LogP contribution in [0.1, 0.15) is 19.4 Å². The number of halogens is 1. The van der Waals surface area contributed by atoms with E-state index in [4.69, 9.17) is 15.2 Å². The molecule has 0 spiro atoms. The smallest absolute Gasteiger partial charge is 0.165 e. The standard InChI is InChI=1S/C14H22FNO2/c1-10(2)13(16)8-11-4-5-12(15)14(9-11)18-7-6-17-3/h4-5,9-10,13H,6-8,16H2,1-3H3. The van der Waals surface area contributed by atoms with Crippen molar-refractivity contribution >= 4 is 0 Å². The van der Waals surface area contributed by atoms with E-state index in [1.807, 2.05) is 0 Å². The number of hydrogen-bond acceptors (Lipinski definition) is 3. The Morgan fingerprint density at radius 2 is 2.00 bits per heavy atom. The third-order valence-corrected chi connectivity index (χ3v) is 2.87. The molecule has 0 amide bonds. The van der Waals surface area contributed by atoms with E-state index in [0.717, 1.165) is 12.0 Å². The van der Waals surface area contributed by atoms with E-state index in [1.54, 1.807) is 19.2 Å². The Kier molecular flexibility index (Phi) is 6.09. The average Bonchev–Trinajstić information content (AvgIpc) is 2.33. The highest BCUT2D eigenvalue weighted by atomic mass is 19.1. The Hall–Kier alpha value is -1.13. The van der Waals surface area contributed by atoms with Crippen molar-refractivity contribution < 1.29 is 13.9 Å². The van der Waals surface area contributed by atoms with Crippen molar-refractivity contribution in [2.24, 2.45) is 11.7 Å². The Morgan fingerprint density at radius 1 is 1.28 bits per heavy atom. The summed E-state index contributed by atoms with van der Waals surface area (Å²) in [6, 6.07) is 4.96. The van der Waals surface area contributed by atoms with Crippen LogP contribution in [0.25, 0.3) is 0 Å². The third-order valence-electron chi connectivity index (χ3n) is 2.87. The lowest BCUT2D eigenvalue weighted by Crippen LogP contribution is -2.28. The maximum Gasteiger partial charge on any atom is 0.165 e. The van der Waals surface area contributed by atoms with Crippen LogP contribution < -0.4 is 10.5 Å². The molecule has 1 aromatic rings. The highest BCUT2D eigenvalue weighted by Crippen LogP contribution is 2.20. The first kappa shape index (κ1) is 14.9. The number of hydrogen-bond donors (Lipinski definition) is 1. The van der Waals surface area contributed by atoms with Crippen LogP contribution in [-0.2, 0) is 11.2 Å². The quantitative estimate of drug-likeness (QED) is 0.761. The first-order chi connectivity index (χ1) is 8.54. The van der Waals surface area contributed by atoms with Gasteiger partial charge in [0.2, 0.25) is 0 Å². The molecule has 0 aliphatic heterocycles. The summed E-state index contributed by atoms with van der Waals surface area (Å²) in [4.78, 5) is 0. The molecular formula is C14H22FNO2. The fraction of sp³-hybridized carbons (Fsp3) is 0.571. The molecule has 102 valence electrons. The molecule has 1 atom stereocenters. The summed E-state index contributed by atoms with van der Waals surface area (Å²) in [6.07, 6.45) is 0.721. The summed E-state index contributed by atoms with van der Waals surface area (Å²) in [7, 11) is 1.58. The monoisotopic (exact) mass is 255 g/mol. The zero-order chi connectivity index (χ0) is 13.5. The lowest BCUT2D eigenvalue weighted by molar-refractivity contribution is 0.144. The summed E-state index contributed by atoms with van der Waals surface area (Å²) >= 11 is 0. The van der Waals surface area contributed by atoms with Crippen molar-refractivity contribution in [2.45, 2.75) is 26.3 Å². The fourth-order valence-electron chi connectivity index (χ4n) is 1.53. The fourth-order valence-corrected chi connectivity index (χ4v) is 1.53. The molecule has 0 saturated heterocycles. The van der Waals surface area contributed by atoms with Gasteiger partial charge in [-0.3, -0.25) is 0 Å². The predicted octanol–water partition coefficient (Wildman–Crippen LogP) is 2.38. The normalized spacial score (nSPS) is 12.8. The molecule has 0 heterocycles. The van der Waals surface area contributed by atoms with Gasteiger partial charge in [-0.2, -0.15) is 0 Å². The van der Waals surface area contributed by atoms with Gasteiger partial charge >= 0.3 is 0 Å². The van der Waals surface area contributed by atoms with Gasteiger partial charge < -0.3 is 15.2 Å². The van der Waals surface area contributed by atoms with Crippen molar-refractivity contribution in [3.63, 3.8) is 0 Å². The molecule has 3 nitrogen and oxygen atoms in total. The zero-order valence-corrected chi connectivity index (χ0v) is 11.3. The minimum atomic E-state index is -0.354. The van der Waals surface area contributed by atoms with Crippen LogP contribution in [0.3, 0.4) is 0 Å². The molecule has 0 saturated carbocycles. The van der Waals surface area contributed by atoms with Crippen LogP contribution >= 0.6 is 0 Å². The summed E-state index contributed by atoms with van der Waals surface area (Å²) in [6.45, 7) is 4.93. The summed E-state index contributed by atoms with van der Waals surface area (Å²) in [5.41, 5.74) is 6.99. The van der Waals surface area contributed by atoms with Crippen LogP contribution in [0.2, 0.25) is 0 Å². The largest absolute Gasteiger partial charge is 0.488 e. The molecule has 2 N–H and O–H groups in total. The van der Waals surface area contributed by atoms with Gasteiger partial charge in [-0.05, 0) is 30.0 Å². The molecule has 0 aliphatic rings. The lowest BCUT2D eigenvalue weighted by atomic mass is 9.97. The lowest BCUT2D eigenvalue weighted by Gasteiger charge is -2.16. The van der Waals surface area contributed by atoms with Gasteiger partial charge in [-0.25, -0.2) is 4.39 Å². The molecule has 0 radical (unpaired) electrons. The van der Waals surface area contributed by atoms with Crippen molar-refractivity contribution in [2.75, 3.05) is 20.3 Å². The number of benzene rings is 1. The zero-order valence-electron chi connectivity index (χ0n) is 11.3. The molecule has 0 bridgehead atoms. The van der Waals surface area contributed by atoms with Crippen LogP contribution in [-0.4, -0.2) is 26.4 Å². The van der Waals surface area contributed by atoms with E-state index in [9.17, 15) is 4.39 Å². The molecule has 1 rings (SSSR count). The first-order valence-corrected chi connectivity index (χ1v) is 6.20. The van der Waals surface area contributed by atoms with Crippen molar-refractivity contribution in [1.82, 2.24) is 0 Å². The molecular weight excluding hydrogens is 233 g/mol. The SMILES string of the molecule is COCCOc1cc(CC(N)C(C)C)ccc1F. The molecule has 4 heteroatoms. The molecule has 0 aromatic heterocycles. The molecule has 18 heavy (non-hydrogen) atoms. The highest BCUT2D eigenvalue weighted by Gasteiger charge is 2.11. The summed E-state index contributed by atoms with van der Waals surface area (Å²) < 4.78 is 23.7. The van der Waals surface area contributed by atoms with Gasteiger partial charge in [0.1, 0.15) is 6.61 Å². The van der Waals surface area contributed by atoms with Gasteiger partial charge in [0.25, 0.3) is 0 Å². The van der Waals surface area contributed by atoms with E-state index in [1.165, 1.54) is 6.07 Å². The second-order valence-electron chi connectivity index (χ2n) is 4.72. The second kappa shape index (κ2) is 7.34. The third kappa shape index (κ3) is 4.63. The number of ether oxygens (including phenoxy) is 2. The van der Waals surface area contributed by atoms with Crippen molar-refractivity contribution in [3.8, 4) is 5.75 Å². The average molecular weight is 255 g/mol. The molecule has 1 unspecified atom stereocenters. The van der Waals surface area contributed by atoms with E-state index in [2.05, 4.69) is 13.8 Å². The van der Waals surface area contributed by atoms with Crippen LogP contribution in [0.4, 0.5) is 4.39 Å². The molecule has 1 aromatic carbocycles. The van der Waals surface area contributed by atoms with E-state index < -0.39 is 0 Å². The van der Waals surface area contributed by atoms with Crippen LogP contribution in [0, 0.1) is 11.7 Å². The highest BCUT2D eigenvalue weighted by molar-refractivity contribution is 5.30. The summed E-state index contributed by atoms with van der Waals surface area (Å²) in [5.74, 6) is 0.307. The number of nitrogens with two attached hydrogens (primary N) is 1. The first-order valence-electron chi connectivity index (χ1n) is 6.20. The number of rotatable bonds is 7. The maximum absolute atomic E-state index is 13.5. The Bertz CT molecular complexity index is 369. The minimum absolute atomic E-state index is 0.0716. The van der Waals surface area contributed by atoms with E-state index in [0.29, 0.717) is 19.1 Å². The van der Waals surface area contributed by atoms with Gasteiger partial charge in [0.05, 0.1) is 6.61 Å². The Morgan fingerprint density at radius 3 is 2.61 bits per heavy atom. The molecule has 0 fully saturated rings. The minimum Gasteiger partial charge on any atom is -0.488 e. The predicted molar refractivity (Wildman–Crippen MR) is 70.3 cm³/mol. The van der Waals surface area contributed by atoms with Gasteiger partial charge in [-0.1, -0.05) is 19.9 Å². The topological polar surface area (TPSA) is 44.5 Å². The van der Waals surface area contributed by atoms with E-state index >= 15 is 0 Å². The Labute approximate surface area is 108 Å². The van der Waals surface area contributed by atoms with Gasteiger partial charge in [0, 0.05) is 13.2 Å². The number of methoxy groups -OCH3 is 1. The van der Waals surface area contributed by atoms with E-state index in [-0.39, 0.29) is 17.6 Å².